The topological polar surface area (TPSA) is 65.6 Å². The molecule has 2 aromatic carbocycles. The van der Waals surface area contributed by atoms with Crippen LogP contribution in [0.4, 0.5) is 0 Å². The van der Waals surface area contributed by atoms with Gasteiger partial charge in [-0.3, -0.25) is 4.79 Å². The summed E-state index contributed by atoms with van der Waals surface area (Å²) in [6, 6.07) is 20.2. The second-order valence-corrected chi connectivity index (χ2v) is 6.44. The maximum atomic E-state index is 12.6. The molecule has 1 aromatic heterocycles. The molecule has 0 spiro atoms. The number of carbonyl (C=O) groups excluding carboxylic acids is 1. The Morgan fingerprint density at radius 1 is 1.07 bits per heavy atom. The maximum Gasteiger partial charge on any atom is 0.354 e. The molecule has 0 atom stereocenters. The molecule has 3 rings (SSSR count). The first kappa shape index (κ1) is 19.4. The maximum absolute atomic E-state index is 12.6. The summed E-state index contributed by atoms with van der Waals surface area (Å²) in [6.07, 6.45) is 0. The molecule has 3 aromatic rings. The Morgan fingerprint density at radius 2 is 1.68 bits per heavy atom. The van der Waals surface area contributed by atoms with Gasteiger partial charge >= 0.3 is 5.97 Å². The second-order valence-electron chi connectivity index (χ2n) is 6.08. The number of rotatable bonds is 5. The molecule has 0 saturated heterocycles. The van der Waals surface area contributed by atoms with Crippen molar-refractivity contribution in [1.29, 1.82) is 0 Å². The van der Waals surface area contributed by atoms with Crippen LogP contribution in [0.3, 0.4) is 0 Å². The van der Waals surface area contributed by atoms with E-state index in [0.29, 0.717) is 12.3 Å². The van der Waals surface area contributed by atoms with Gasteiger partial charge in [0.05, 0.1) is 19.4 Å². The SMILES string of the molecule is COC(=O)c1cc(=O)n(/N=C(\C)c2ccccc2)c(=S)n1Cc1ccccc1. The van der Waals surface area contributed by atoms with E-state index < -0.39 is 11.5 Å². The Hall–Kier alpha value is -3.32. The smallest absolute Gasteiger partial charge is 0.354 e. The minimum atomic E-state index is -0.630. The van der Waals surface area contributed by atoms with Gasteiger partial charge < -0.3 is 9.30 Å². The van der Waals surface area contributed by atoms with E-state index in [9.17, 15) is 9.59 Å². The van der Waals surface area contributed by atoms with E-state index in [4.69, 9.17) is 17.0 Å². The van der Waals surface area contributed by atoms with Crippen LogP contribution in [0.2, 0.25) is 0 Å². The number of ether oxygens (including phenoxy) is 1. The van der Waals surface area contributed by atoms with E-state index in [1.54, 1.807) is 11.5 Å². The number of benzene rings is 2. The summed E-state index contributed by atoms with van der Waals surface area (Å²) in [5.41, 5.74) is 2.02. The predicted octanol–water partition coefficient (Wildman–Crippen LogP) is 3.49. The first-order valence-electron chi connectivity index (χ1n) is 8.61. The van der Waals surface area contributed by atoms with Gasteiger partial charge in [0, 0.05) is 6.07 Å². The molecule has 0 aliphatic carbocycles. The van der Waals surface area contributed by atoms with Gasteiger partial charge in [0.15, 0.2) is 0 Å². The van der Waals surface area contributed by atoms with Crippen LogP contribution < -0.4 is 5.56 Å². The number of hydrogen-bond donors (Lipinski definition) is 0. The third-order valence-electron chi connectivity index (χ3n) is 4.19. The zero-order chi connectivity index (χ0) is 20.1. The number of esters is 1. The molecule has 1 heterocycles. The van der Waals surface area contributed by atoms with Crippen LogP contribution >= 0.6 is 12.2 Å². The summed E-state index contributed by atoms with van der Waals surface area (Å²) >= 11 is 5.51. The molecule has 0 saturated carbocycles. The molecule has 0 bridgehead atoms. The average molecular weight is 393 g/mol. The lowest BCUT2D eigenvalue weighted by Crippen LogP contribution is -2.27. The summed E-state index contributed by atoms with van der Waals surface area (Å²) in [7, 11) is 1.27. The Bertz CT molecular complexity index is 1130. The van der Waals surface area contributed by atoms with Crippen LogP contribution in [0, 0.1) is 4.77 Å². The lowest BCUT2D eigenvalue weighted by Gasteiger charge is -2.14. The fraction of sp³-hybridized carbons (Fsp3) is 0.143. The number of methoxy groups -OCH3 is 1. The Morgan fingerprint density at radius 3 is 2.29 bits per heavy atom. The average Bonchev–Trinajstić information content (AvgIpc) is 2.73. The summed E-state index contributed by atoms with van der Waals surface area (Å²) in [5.74, 6) is -0.630. The van der Waals surface area contributed by atoms with E-state index in [-0.39, 0.29) is 10.5 Å². The van der Waals surface area contributed by atoms with Gasteiger partial charge in [-0.05, 0) is 30.3 Å². The van der Waals surface area contributed by atoms with Crippen LogP contribution in [-0.4, -0.2) is 28.0 Å². The van der Waals surface area contributed by atoms with Crippen molar-refractivity contribution in [3.05, 3.63) is 98.7 Å². The number of carbonyl (C=O) groups is 1. The first-order chi connectivity index (χ1) is 13.5. The van der Waals surface area contributed by atoms with Crippen LogP contribution in [0.5, 0.6) is 0 Å². The summed E-state index contributed by atoms with van der Waals surface area (Å²) < 4.78 is 7.63. The Balaban J connectivity index is 2.17. The lowest BCUT2D eigenvalue weighted by atomic mass is 10.1. The monoisotopic (exact) mass is 393 g/mol. The highest BCUT2D eigenvalue weighted by Gasteiger charge is 2.16. The number of aromatic nitrogens is 2. The Labute approximate surface area is 167 Å². The van der Waals surface area contributed by atoms with Gasteiger partial charge in [-0.2, -0.15) is 9.78 Å². The van der Waals surface area contributed by atoms with Crippen molar-refractivity contribution in [2.45, 2.75) is 13.5 Å². The fourth-order valence-corrected chi connectivity index (χ4v) is 3.03. The molecule has 0 aliphatic heterocycles. The molecule has 28 heavy (non-hydrogen) atoms. The molecule has 0 aliphatic rings. The van der Waals surface area contributed by atoms with Gasteiger partial charge in [0.25, 0.3) is 5.56 Å². The summed E-state index contributed by atoms with van der Waals surface area (Å²) in [5, 5.41) is 4.40. The third kappa shape index (κ3) is 4.15. The zero-order valence-electron chi connectivity index (χ0n) is 15.5. The van der Waals surface area contributed by atoms with Crippen molar-refractivity contribution in [2.24, 2.45) is 5.10 Å². The standard InChI is InChI=1S/C21H19N3O3S/c1-15(17-11-7-4-8-12-17)22-24-19(25)13-18(20(26)27-2)23(21(24)28)14-16-9-5-3-6-10-16/h3-13H,14H2,1-2H3/b22-15+. The molecule has 0 fully saturated rings. The van der Waals surface area contributed by atoms with E-state index in [2.05, 4.69) is 5.10 Å². The van der Waals surface area contributed by atoms with Crippen molar-refractivity contribution in [2.75, 3.05) is 7.11 Å². The second kappa shape index (κ2) is 8.58. The fourth-order valence-electron chi connectivity index (χ4n) is 2.74. The molecule has 0 unspecified atom stereocenters. The molecular weight excluding hydrogens is 374 g/mol. The highest BCUT2D eigenvalue weighted by Crippen LogP contribution is 2.09. The van der Waals surface area contributed by atoms with Gasteiger partial charge in [-0.1, -0.05) is 60.7 Å². The van der Waals surface area contributed by atoms with Crippen LogP contribution in [-0.2, 0) is 11.3 Å². The van der Waals surface area contributed by atoms with Crippen molar-refractivity contribution in [3.63, 3.8) is 0 Å². The molecular formula is C21H19N3O3S. The molecule has 0 N–H and O–H groups in total. The van der Waals surface area contributed by atoms with E-state index in [1.807, 2.05) is 60.7 Å². The Kier molecular flexibility index (Phi) is 5.96. The van der Waals surface area contributed by atoms with Crippen LogP contribution in [0.15, 0.2) is 76.6 Å². The van der Waals surface area contributed by atoms with Gasteiger partial charge in [0.2, 0.25) is 4.77 Å². The van der Waals surface area contributed by atoms with Crippen molar-refractivity contribution >= 4 is 23.9 Å². The number of nitrogens with zero attached hydrogens (tertiary/aromatic N) is 3. The normalized spacial score (nSPS) is 11.3. The molecule has 0 amide bonds. The van der Waals surface area contributed by atoms with Crippen molar-refractivity contribution in [3.8, 4) is 0 Å². The minimum absolute atomic E-state index is 0.0881. The summed E-state index contributed by atoms with van der Waals surface area (Å²) in [4.78, 5) is 24.8. The molecule has 142 valence electrons. The van der Waals surface area contributed by atoms with Gasteiger partial charge in [-0.15, -0.1) is 0 Å². The van der Waals surface area contributed by atoms with Crippen LogP contribution in [0.25, 0.3) is 0 Å². The lowest BCUT2D eigenvalue weighted by molar-refractivity contribution is 0.0586. The van der Waals surface area contributed by atoms with Crippen molar-refractivity contribution in [1.82, 2.24) is 9.24 Å². The minimum Gasteiger partial charge on any atom is -0.464 e. The van der Waals surface area contributed by atoms with Gasteiger partial charge in [0.1, 0.15) is 5.69 Å². The third-order valence-corrected chi connectivity index (χ3v) is 4.58. The highest BCUT2D eigenvalue weighted by atomic mass is 32.1. The highest BCUT2D eigenvalue weighted by molar-refractivity contribution is 7.71. The first-order valence-corrected chi connectivity index (χ1v) is 9.02. The van der Waals surface area contributed by atoms with Crippen molar-refractivity contribution < 1.29 is 9.53 Å². The van der Waals surface area contributed by atoms with Gasteiger partial charge in [-0.25, -0.2) is 4.79 Å². The van der Waals surface area contributed by atoms with E-state index in [1.165, 1.54) is 13.2 Å². The number of hydrogen-bond acceptors (Lipinski definition) is 5. The van der Waals surface area contributed by atoms with Crippen LogP contribution in [0.1, 0.15) is 28.5 Å². The molecule has 7 heteroatoms. The molecule has 0 radical (unpaired) electrons. The van der Waals surface area contributed by atoms with E-state index in [0.717, 1.165) is 15.8 Å². The largest absolute Gasteiger partial charge is 0.464 e. The zero-order valence-corrected chi connectivity index (χ0v) is 16.3. The predicted molar refractivity (Wildman–Crippen MR) is 110 cm³/mol. The summed E-state index contributed by atoms with van der Waals surface area (Å²) in [6.45, 7) is 2.11. The van der Waals surface area contributed by atoms with E-state index >= 15 is 0 Å². The quantitative estimate of drug-likeness (QED) is 0.378. The molecule has 6 nitrogen and oxygen atoms in total.